The summed E-state index contributed by atoms with van der Waals surface area (Å²) in [6, 6.07) is 11.6. The molecule has 1 aromatic carbocycles. The number of hydrogen-bond donors (Lipinski definition) is 4. The largest absolute Gasteiger partial charge is 0.495 e. The number of carbonyl (C=O) groups is 1. The van der Waals surface area contributed by atoms with Crippen molar-refractivity contribution < 1.29 is 24.5 Å². The van der Waals surface area contributed by atoms with Gasteiger partial charge in [-0.05, 0) is 11.6 Å². The number of ether oxygens (including phenoxy) is 2. The highest BCUT2D eigenvalue weighted by Gasteiger charge is 2.47. The molecule has 12 nitrogen and oxygen atoms in total. The van der Waals surface area contributed by atoms with E-state index in [1.54, 1.807) is 25.6 Å². The predicted octanol–water partition coefficient (Wildman–Crippen LogP) is 0.874. The fourth-order valence-electron chi connectivity index (χ4n) is 4.04. The molecule has 0 radical (unpaired) electrons. The van der Waals surface area contributed by atoms with Crippen LogP contribution in [0.25, 0.3) is 22.6 Å². The standard InChI is InChI=1S/C24H25N7O5/c1-25-23(34)19-17(32)18(33)24(36-19)31-12-28-16-21(27-9-13-6-4-3-5-7-13)29-20(30-22(16)31)14-8-15(35-2)11-26-10-14/h3-8,10-12,17-19,24,32-33H,9H2,1-2H3,(H,25,34)(H,27,29,30). The topological polar surface area (TPSA) is 157 Å². The number of imidazole rings is 1. The number of rotatable bonds is 7. The second-order valence-electron chi connectivity index (χ2n) is 8.22. The number of aliphatic hydroxyl groups is 2. The van der Waals surface area contributed by atoms with Crippen LogP contribution in [0.1, 0.15) is 11.8 Å². The van der Waals surface area contributed by atoms with E-state index in [0.717, 1.165) is 5.56 Å². The van der Waals surface area contributed by atoms with E-state index in [1.807, 2.05) is 30.3 Å². The molecule has 1 aliphatic heterocycles. The maximum Gasteiger partial charge on any atom is 0.251 e. The molecular formula is C24H25N7O5. The average Bonchev–Trinajstić information content (AvgIpc) is 3.48. The molecule has 1 saturated heterocycles. The number of fused-ring (bicyclic) bond motifs is 1. The summed E-state index contributed by atoms with van der Waals surface area (Å²) >= 11 is 0. The van der Waals surface area contributed by atoms with Gasteiger partial charge in [-0.2, -0.15) is 0 Å². The van der Waals surface area contributed by atoms with Gasteiger partial charge in [0.05, 0.1) is 19.6 Å². The number of methoxy groups -OCH3 is 1. The highest BCUT2D eigenvalue weighted by molar-refractivity contribution is 5.85. The number of aromatic nitrogens is 5. The van der Waals surface area contributed by atoms with Crippen molar-refractivity contribution in [1.82, 2.24) is 29.8 Å². The van der Waals surface area contributed by atoms with Crippen molar-refractivity contribution in [3.63, 3.8) is 0 Å². The highest BCUT2D eigenvalue weighted by atomic mass is 16.6. The Morgan fingerprint density at radius 1 is 1.17 bits per heavy atom. The third kappa shape index (κ3) is 4.33. The molecule has 4 heterocycles. The first kappa shape index (κ1) is 23.6. The zero-order chi connectivity index (χ0) is 25.2. The Hall–Kier alpha value is -4.13. The SMILES string of the molecule is CNC(=O)C1OC(n2cnc3c(NCc4ccccc4)nc(-c4cncc(OC)c4)nc32)C(O)C1O. The van der Waals surface area contributed by atoms with Crippen molar-refractivity contribution >= 4 is 22.9 Å². The van der Waals surface area contributed by atoms with E-state index in [9.17, 15) is 15.0 Å². The van der Waals surface area contributed by atoms with E-state index in [0.29, 0.717) is 40.7 Å². The van der Waals surface area contributed by atoms with Gasteiger partial charge < -0.3 is 30.3 Å². The molecule has 12 heteroatoms. The molecule has 4 atom stereocenters. The first-order valence-corrected chi connectivity index (χ1v) is 11.2. The summed E-state index contributed by atoms with van der Waals surface area (Å²) in [6.45, 7) is 0.482. The van der Waals surface area contributed by atoms with Crippen LogP contribution in [0.3, 0.4) is 0 Å². The van der Waals surface area contributed by atoms with Gasteiger partial charge in [0.15, 0.2) is 35.1 Å². The van der Waals surface area contributed by atoms with Crippen LogP contribution in [0.4, 0.5) is 5.82 Å². The minimum atomic E-state index is -1.42. The quantitative estimate of drug-likeness (QED) is 0.292. The molecule has 0 aliphatic carbocycles. The molecule has 0 spiro atoms. The van der Waals surface area contributed by atoms with Gasteiger partial charge in [0.2, 0.25) is 0 Å². The van der Waals surface area contributed by atoms with Gasteiger partial charge >= 0.3 is 0 Å². The smallest absolute Gasteiger partial charge is 0.251 e. The summed E-state index contributed by atoms with van der Waals surface area (Å²) in [4.78, 5) is 30.1. The number of anilines is 1. The van der Waals surface area contributed by atoms with Gasteiger partial charge in [0.1, 0.15) is 18.0 Å². The minimum Gasteiger partial charge on any atom is -0.495 e. The lowest BCUT2D eigenvalue weighted by molar-refractivity contribution is -0.137. The van der Waals surface area contributed by atoms with Crippen molar-refractivity contribution in [1.29, 1.82) is 0 Å². The van der Waals surface area contributed by atoms with E-state index >= 15 is 0 Å². The summed E-state index contributed by atoms with van der Waals surface area (Å²) in [6.07, 6.45) is -0.531. The Morgan fingerprint density at radius 3 is 2.72 bits per heavy atom. The van der Waals surface area contributed by atoms with Gasteiger partial charge in [-0.25, -0.2) is 15.0 Å². The van der Waals surface area contributed by atoms with Gasteiger partial charge in [0.25, 0.3) is 5.91 Å². The molecule has 1 fully saturated rings. The van der Waals surface area contributed by atoms with E-state index < -0.39 is 30.4 Å². The number of aliphatic hydroxyl groups excluding tert-OH is 2. The van der Waals surface area contributed by atoms with E-state index in [1.165, 1.54) is 17.9 Å². The van der Waals surface area contributed by atoms with E-state index in [4.69, 9.17) is 9.47 Å². The number of nitrogens with one attached hydrogen (secondary N) is 2. The lowest BCUT2D eigenvalue weighted by Crippen LogP contribution is -2.41. The van der Waals surface area contributed by atoms with Gasteiger partial charge in [-0.1, -0.05) is 30.3 Å². The number of nitrogens with zero attached hydrogens (tertiary/aromatic N) is 5. The van der Waals surface area contributed by atoms with Gasteiger partial charge in [-0.3, -0.25) is 14.3 Å². The number of amides is 1. The zero-order valence-corrected chi connectivity index (χ0v) is 19.6. The third-order valence-electron chi connectivity index (χ3n) is 5.95. The van der Waals surface area contributed by atoms with Crippen LogP contribution >= 0.6 is 0 Å². The Bertz CT molecular complexity index is 1380. The molecule has 1 amide bonds. The summed E-state index contributed by atoms with van der Waals surface area (Å²) in [5.41, 5.74) is 2.41. The van der Waals surface area contributed by atoms with Crippen molar-refractivity contribution in [3.05, 3.63) is 60.7 Å². The lowest BCUT2D eigenvalue weighted by atomic mass is 10.1. The molecular weight excluding hydrogens is 466 g/mol. The van der Waals surface area contributed by atoms with Gasteiger partial charge in [0, 0.05) is 25.4 Å². The normalized spacial score (nSPS) is 21.4. The van der Waals surface area contributed by atoms with Crippen molar-refractivity contribution in [2.45, 2.75) is 31.1 Å². The number of hydrogen-bond acceptors (Lipinski definition) is 10. The Morgan fingerprint density at radius 2 is 1.97 bits per heavy atom. The second-order valence-corrected chi connectivity index (χ2v) is 8.22. The summed E-state index contributed by atoms with van der Waals surface area (Å²) in [7, 11) is 2.97. The van der Waals surface area contributed by atoms with E-state index in [2.05, 4.69) is 30.6 Å². The van der Waals surface area contributed by atoms with Crippen LogP contribution in [0.5, 0.6) is 5.75 Å². The van der Waals surface area contributed by atoms with Crippen LogP contribution in [-0.4, -0.2) is 73.1 Å². The minimum absolute atomic E-state index is 0.335. The Kier molecular flexibility index (Phi) is 6.46. The summed E-state index contributed by atoms with van der Waals surface area (Å²) < 4.78 is 12.5. The van der Waals surface area contributed by atoms with Crippen molar-refractivity contribution in [2.24, 2.45) is 0 Å². The summed E-state index contributed by atoms with van der Waals surface area (Å²) in [5.74, 6) is 0.782. The molecule has 3 aromatic heterocycles. The second kappa shape index (κ2) is 9.85. The third-order valence-corrected chi connectivity index (χ3v) is 5.95. The van der Waals surface area contributed by atoms with Crippen LogP contribution in [0, 0.1) is 0 Å². The van der Waals surface area contributed by atoms with Crippen LogP contribution in [0.2, 0.25) is 0 Å². The molecule has 4 unspecified atom stereocenters. The van der Waals surface area contributed by atoms with Crippen LogP contribution < -0.4 is 15.4 Å². The molecule has 4 aromatic rings. The number of carbonyl (C=O) groups excluding carboxylic acids is 1. The van der Waals surface area contributed by atoms with Crippen LogP contribution in [-0.2, 0) is 16.1 Å². The first-order valence-electron chi connectivity index (χ1n) is 11.2. The maximum atomic E-state index is 12.1. The van der Waals surface area contributed by atoms with E-state index in [-0.39, 0.29) is 0 Å². The number of benzene rings is 1. The fraction of sp³-hybridized carbons (Fsp3) is 0.292. The number of pyridine rings is 1. The van der Waals surface area contributed by atoms with Crippen molar-refractivity contribution in [2.75, 3.05) is 19.5 Å². The average molecular weight is 492 g/mol. The first-order chi connectivity index (χ1) is 17.5. The molecule has 0 bridgehead atoms. The van der Waals surface area contributed by atoms with Gasteiger partial charge in [-0.15, -0.1) is 0 Å². The summed E-state index contributed by atoms with van der Waals surface area (Å²) in [5, 5.41) is 26.8. The number of likely N-dealkylation sites (N-methyl/N-ethyl adjacent to an activating group) is 1. The highest BCUT2D eigenvalue weighted by Crippen LogP contribution is 2.34. The monoisotopic (exact) mass is 491 g/mol. The zero-order valence-electron chi connectivity index (χ0n) is 19.6. The van der Waals surface area contributed by atoms with Crippen molar-refractivity contribution in [3.8, 4) is 17.1 Å². The lowest BCUT2D eigenvalue weighted by Gasteiger charge is -2.17. The molecule has 186 valence electrons. The predicted molar refractivity (Wildman–Crippen MR) is 129 cm³/mol. The maximum absolute atomic E-state index is 12.1. The Balaban J connectivity index is 1.59. The molecule has 0 saturated carbocycles. The Labute approximate surface area is 206 Å². The fourth-order valence-corrected chi connectivity index (χ4v) is 4.04. The molecule has 5 rings (SSSR count). The van der Waals surface area contributed by atoms with Crippen LogP contribution in [0.15, 0.2) is 55.1 Å². The molecule has 36 heavy (non-hydrogen) atoms. The molecule has 4 N–H and O–H groups in total. The molecule has 1 aliphatic rings.